The van der Waals surface area contributed by atoms with E-state index in [1.807, 2.05) is 12.1 Å². The normalized spacial score (nSPS) is 27.9. The molecule has 0 heterocycles. The molecule has 0 radical (unpaired) electrons. The Kier molecular flexibility index (Phi) is 9.24. The number of nitrogens with zero attached hydrogens (tertiary/aromatic N) is 1. The minimum Gasteiger partial charge on any atom is -0.206 e. The Morgan fingerprint density at radius 2 is 1.69 bits per heavy atom. The highest BCUT2D eigenvalue weighted by molar-refractivity contribution is 6.37. The standard InChI is InChI=1S/C26H40FNSi/c1-2-3-4-17-29-25-15-13-23(14-16-25)22-10-7-20(8-11-22)5-6-21-9-12-24(19-28)26(27)18-21/h9,12,18,20,22-23,25H,2-8,10-11,13-17,29H2,1H3/t20-,22-,23-,25-. The predicted octanol–water partition coefficient (Wildman–Crippen LogP) is 7.19. The summed E-state index contributed by atoms with van der Waals surface area (Å²) in [5.74, 6) is 2.45. The van der Waals surface area contributed by atoms with Gasteiger partial charge in [0.1, 0.15) is 11.9 Å². The zero-order valence-corrected chi connectivity index (χ0v) is 19.9. The van der Waals surface area contributed by atoms with Gasteiger partial charge in [-0.2, -0.15) is 5.26 Å². The van der Waals surface area contributed by atoms with Crippen molar-refractivity contribution >= 4 is 9.52 Å². The molecular formula is C26H40FNSi. The fraction of sp³-hybridized carbons (Fsp3) is 0.731. The smallest absolute Gasteiger partial charge is 0.141 e. The van der Waals surface area contributed by atoms with E-state index in [0.717, 1.165) is 35.3 Å². The topological polar surface area (TPSA) is 23.8 Å². The molecule has 0 bridgehead atoms. The fourth-order valence-corrected chi connectivity index (χ4v) is 8.20. The summed E-state index contributed by atoms with van der Waals surface area (Å²) in [6, 6.07) is 8.62. The molecule has 1 aromatic carbocycles. The van der Waals surface area contributed by atoms with Gasteiger partial charge in [-0.05, 0) is 61.1 Å². The zero-order chi connectivity index (χ0) is 20.5. The lowest BCUT2D eigenvalue weighted by Gasteiger charge is -2.38. The Hall–Kier alpha value is -1.14. The summed E-state index contributed by atoms with van der Waals surface area (Å²) in [4.78, 5) is 0. The molecule has 0 unspecified atom stereocenters. The van der Waals surface area contributed by atoms with Crippen LogP contribution in [0.5, 0.6) is 0 Å². The number of unbranched alkanes of at least 4 members (excludes halogenated alkanes) is 2. The van der Waals surface area contributed by atoms with Gasteiger partial charge < -0.3 is 0 Å². The maximum Gasteiger partial charge on any atom is 0.141 e. The summed E-state index contributed by atoms with van der Waals surface area (Å²) in [6.07, 6.45) is 18.2. The summed E-state index contributed by atoms with van der Waals surface area (Å²) >= 11 is 0. The second-order valence-electron chi connectivity index (χ2n) is 9.88. The van der Waals surface area contributed by atoms with Crippen LogP contribution in [-0.4, -0.2) is 9.52 Å². The highest BCUT2D eigenvalue weighted by Crippen LogP contribution is 2.43. The lowest BCUT2D eigenvalue weighted by Crippen LogP contribution is -2.26. The number of hydrogen-bond donors (Lipinski definition) is 0. The summed E-state index contributed by atoms with van der Waals surface area (Å²) in [7, 11) is 0.201. The van der Waals surface area contributed by atoms with Crippen molar-refractivity contribution in [3.8, 4) is 6.07 Å². The summed E-state index contributed by atoms with van der Waals surface area (Å²) in [5, 5.41) is 8.86. The second-order valence-corrected chi connectivity index (χ2v) is 12.3. The Balaban J connectivity index is 1.33. The van der Waals surface area contributed by atoms with Crippen molar-refractivity contribution in [3.63, 3.8) is 0 Å². The first-order valence-electron chi connectivity index (χ1n) is 12.4. The van der Waals surface area contributed by atoms with Crippen LogP contribution >= 0.6 is 0 Å². The van der Waals surface area contributed by atoms with Crippen LogP contribution < -0.4 is 0 Å². The van der Waals surface area contributed by atoms with Gasteiger partial charge in [-0.25, -0.2) is 4.39 Å². The third-order valence-corrected chi connectivity index (χ3v) is 10.5. The number of halogens is 1. The van der Waals surface area contributed by atoms with Crippen LogP contribution in [0.2, 0.25) is 11.6 Å². The van der Waals surface area contributed by atoms with Gasteiger partial charge in [0.25, 0.3) is 0 Å². The van der Waals surface area contributed by atoms with E-state index >= 15 is 0 Å². The number of nitriles is 1. The quantitative estimate of drug-likeness (QED) is 0.310. The third-order valence-electron chi connectivity index (χ3n) is 7.91. The Morgan fingerprint density at radius 1 is 1.00 bits per heavy atom. The van der Waals surface area contributed by atoms with Crippen molar-refractivity contribution in [1.82, 2.24) is 0 Å². The van der Waals surface area contributed by atoms with E-state index in [-0.39, 0.29) is 20.9 Å². The zero-order valence-electron chi connectivity index (χ0n) is 18.5. The van der Waals surface area contributed by atoms with Gasteiger partial charge in [0, 0.05) is 9.52 Å². The highest BCUT2D eigenvalue weighted by atomic mass is 28.2. The molecule has 29 heavy (non-hydrogen) atoms. The maximum atomic E-state index is 13.8. The van der Waals surface area contributed by atoms with E-state index in [1.54, 1.807) is 31.0 Å². The van der Waals surface area contributed by atoms with Gasteiger partial charge in [0.05, 0.1) is 5.56 Å². The predicted molar refractivity (Wildman–Crippen MR) is 123 cm³/mol. The summed E-state index contributed by atoms with van der Waals surface area (Å²) < 4.78 is 13.8. The van der Waals surface area contributed by atoms with Crippen LogP contribution in [0.25, 0.3) is 0 Å². The molecule has 2 fully saturated rings. The van der Waals surface area contributed by atoms with E-state index in [9.17, 15) is 4.39 Å². The number of hydrogen-bond acceptors (Lipinski definition) is 1. The van der Waals surface area contributed by atoms with E-state index in [4.69, 9.17) is 5.26 Å². The van der Waals surface area contributed by atoms with Crippen molar-refractivity contribution in [1.29, 1.82) is 5.26 Å². The van der Waals surface area contributed by atoms with Crippen molar-refractivity contribution in [2.45, 2.75) is 102 Å². The molecule has 0 aliphatic heterocycles. The molecule has 2 aliphatic rings. The van der Waals surface area contributed by atoms with Crippen LogP contribution in [-0.2, 0) is 6.42 Å². The highest BCUT2D eigenvalue weighted by Gasteiger charge is 2.30. The average molecular weight is 414 g/mol. The Labute approximate surface area is 180 Å². The molecule has 0 atom stereocenters. The van der Waals surface area contributed by atoms with Crippen LogP contribution in [0.1, 0.15) is 95.1 Å². The molecule has 0 spiro atoms. The van der Waals surface area contributed by atoms with Crippen LogP contribution in [0.15, 0.2) is 18.2 Å². The largest absolute Gasteiger partial charge is 0.206 e. The fourth-order valence-electron chi connectivity index (χ4n) is 5.93. The lowest BCUT2D eigenvalue weighted by atomic mass is 9.70. The van der Waals surface area contributed by atoms with E-state index in [1.165, 1.54) is 64.2 Å². The van der Waals surface area contributed by atoms with Crippen molar-refractivity contribution in [3.05, 3.63) is 35.1 Å². The molecule has 0 amide bonds. The van der Waals surface area contributed by atoms with E-state index in [2.05, 4.69) is 6.92 Å². The number of benzene rings is 1. The summed E-state index contributed by atoms with van der Waals surface area (Å²) in [5.41, 5.74) is 2.37. The van der Waals surface area contributed by atoms with Crippen LogP contribution in [0.4, 0.5) is 4.39 Å². The molecule has 0 saturated heterocycles. The lowest BCUT2D eigenvalue weighted by molar-refractivity contribution is 0.163. The molecule has 3 rings (SSSR count). The van der Waals surface area contributed by atoms with Crippen LogP contribution in [0, 0.1) is 34.9 Å². The SMILES string of the molecule is CCCCC[SiH2][C@H]1CC[C@H]([C@H]2CC[C@H](CCc3ccc(C#N)c(F)c3)CC2)CC1. The van der Waals surface area contributed by atoms with Crippen molar-refractivity contribution in [2.75, 3.05) is 0 Å². The molecule has 2 saturated carbocycles. The van der Waals surface area contributed by atoms with Gasteiger partial charge in [-0.3, -0.25) is 0 Å². The minimum absolute atomic E-state index is 0.160. The first-order valence-corrected chi connectivity index (χ1v) is 14.2. The number of rotatable bonds is 9. The summed E-state index contributed by atoms with van der Waals surface area (Å²) in [6.45, 7) is 2.31. The van der Waals surface area contributed by atoms with Gasteiger partial charge in [0.15, 0.2) is 0 Å². The molecular weight excluding hydrogens is 373 g/mol. The molecule has 1 nitrogen and oxygen atoms in total. The van der Waals surface area contributed by atoms with Crippen molar-refractivity contribution < 1.29 is 4.39 Å². The molecule has 0 N–H and O–H groups in total. The van der Waals surface area contributed by atoms with Gasteiger partial charge >= 0.3 is 0 Å². The van der Waals surface area contributed by atoms with Crippen molar-refractivity contribution in [2.24, 2.45) is 17.8 Å². The number of aryl methyl sites for hydroxylation is 1. The first-order chi connectivity index (χ1) is 14.2. The molecule has 160 valence electrons. The Bertz CT molecular complexity index is 651. The van der Waals surface area contributed by atoms with E-state index in [0.29, 0.717) is 0 Å². The molecule has 2 aliphatic carbocycles. The minimum atomic E-state index is -0.363. The molecule has 0 aromatic heterocycles. The average Bonchev–Trinajstić information content (AvgIpc) is 2.76. The van der Waals surface area contributed by atoms with Crippen LogP contribution in [0.3, 0.4) is 0 Å². The van der Waals surface area contributed by atoms with Gasteiger partial charge in [-0.1, -0.05) is 82.4 Å². The van der Waals surface area contributed by atoms with Gasteiger partial charge in [0.2, 0.25) is 0 Å². The Morgan fingerprint density at radius 3 is 2.31 bits per heavy atom. The molecule has 3 heteroatoms. The van der Waals surface area contributed by atoms with E-state index < -0.39 is 0 Å². The maximum absolute atomic E-state index is 13.8. The molecule has 1 aromatic rings. The third kappa shape index (κ3) is 6.95. The monoisotopic (exact) mass is 413 g/mol. The first kappa shape index (κ1) is 22.5. The van der Waals surface area contributed by atoms with Gasteiger partial charge in [-0.15, -0.1) is 0 Å². The second kappa shape index (κ2) is 11.9.